The van der Waals surface area contributed by atoms with Crippen molar-refractivity contribution >= 4 is 49.8 Å². The number of anilines is 1. The molecule has 76 heavy (non-hydrogen) atoms. The highest BCUT2D eigenvalue weighted by molar-refractivity contribution is 7.86. The number of hydrogen-bond donors (Lipinski definition) is 1. The Balaban J connectivity index is 1.36. The zero-order valence-corrected chi connectivity index (χ0v) is 45.3. The molecule has 1 N–H and O–H groups in total. The summed E-state index contributed by atoms with van der Waals surface area (Å²) in [6.45, 7) is 9.59. The molecule has 1 aromatic rings. The van der Waals surface area contributed by atoms with Crippen LogP contribution in [0.5, 0.6) is 0 Å². The van der Waals surface area contributed by atoms with Crippen LogP contribution in [0, 0.1) is 0 Å². The van der Waals surface area contributed by atoms with Crippen LogP contribution < -0.4 is 14.8 Å². The van der Waals surface area contributed by atoms with E-state index in [4.69, 9.17) is 47.1 Å². The molecule has 422 valence electrons. The van der Waals surface area contributed by atoms with Crippen molar-refractivity contribution in [3.05, 3.63) is 83.1 Å². The first-order chi connectivity index (χ1) is 36.6. The molecular weight excluding hydrogens is 1030 g/mol. The number of fused-ring (bicyclic) bond motifs is 2. The summed E-state index contributed by atoms with van der Waals surface area (Å²) in [6, 6.07) is 11.8. The second-order valence-corrected chi connectivity index (χ2v) is 20.9. The van der Waals surface area contributed by atoms with Gasteiger partial charge < -0.3 is 56.6 Å². The first kappa shape index (κ1) is 61.9. The number of amides is 2. The Morgan fingerprint density at radius 1 is 0.750 bits per heavy atom. The molecule has 0 saturated carbocycles. The summed E-state index contributed by atoms with van der Waals surface area (Å²) in [5.41, 5.74) is 2.32. The number of benzene rings is 2. The minimum Gasteiger partial charge on any atom is -0.744 e. The Morgan fingerprint density at radius 2 is 1.33 bits per heavy atom. The number of unbranched alkanes of at least 4 members (excludes halogenated alkanes) is 2. The van der Waals surface area contributed by atoms with Crippen LogP contribution in [0.25, 0.3) is 17.4 Å². The monoisotopic (exact) mass is 1110 g/mol. The van der Waals surface area contributed by atoms with Gasteiger partial charge in [0.1, 0.15) is 29.1 Å². The lowest BCUT2D eigenvalue weighted by Gasteiger charge is -2.30. The molecule has 1 atom stereocenters. The number of hydroxylamine groups is 2. The molecule has 1 aliphatic carbocycles. The topological polar surface area (TPSA) is 268 Å². The maximum absolute atomic E-state index is 12.5. The Hall–Kier alpha value is -4.96. The fourth-order valence-electron chi connectivity index (χ4n) is 8.61. The van der Waals surface area contributed by atoms with Crippen LogP contribution in [0.1, 0.15) is 69.4 Å². The first-order valence-corrected chi connectivity index (χ1v) is 28.4. The summed E-state index contributed by atoms with van der Waals surface area (Å²) in [4.78, 5) is 42.9. The van der Waals surface area contributed by atoms with Crippen molar-refractivity contribution in [3.8, 4) is 11.3 Å². The van der Waals surface area contributed by atoms with Crippen LogP contribution in [0.4, 0.5) is 5.69 Å². The van der Waals surface area contributed by atoms with E-state index in [0.29, 0.717) is 159 Å². The molecule has 0 radical (unpaired) electrons. The Bertz CT molecular complexity index is 2610. The predicted molar refractivity (Wildman–Crippen MR) is 277 cm³/mol. The van der Waals surface area contributed by atoms with Gasteiger partial charge in [0, 0.05) is 68.5 Å². The molecule has 2 amide bonds. The van der Waals surface area contributed by atoms with Crippen molar-refractivity contribution in [2.24, 2.45) is 0 Å². The largest absolute Gasteiger partial charge is 0.744 e. The van der Waals surface area contributed by atoms with Gasteiger partial charge in [-0.3, -0.25) is 14.1 Å². The van der Waals surface area contributed by atoms with E-state index >= 15 is 0 Å². The lowest BCUT2D eigenvalue weighted by molar-refractivity contribution is -0.197. The van der Waals surface area contributed by atoms with E-state index in [1.807, 2.05) is 54.3 Å². The number of methoxy groups -OCH3 is 2. The second kappa shape index (κ2) is 32.1. The summed E-state index contributed by atoms with van der Waals surface area (Å²) < 4.78 is 123. The predicted octanol–water partition coefficient (Wildman–Crippen LogP) is 3.96. The van der Waals surface area contributed by atoms with Gasteiger partial charge in [-0.2, -0.15) is 8.42 Å². The maximum Gasteiger partial charge on any atom is 0.333 e. The van der Waals surface area contributed by atoms with E-state index in [9.17, 15) is 40.3 Å². The zero-order chi connectivity index (χ0) is 54.8. The van der Waals surface area contributed by atoms with E-state index in [0.717, 1.165) is 16.5 Å². The molecule has 0 bridgehead atoms. The molecule has 24 heteroatoms. The number of imide groups is 1. The van der Waals surface area contributed by atoms with Crippen molar-refractivity contribution in [2.75, 3.05) is 137 Å². The average Bonchev–Trinajstić information content (AvgIpc) is 3.82. The highest BCUT2D eigenvalue weighted by atomic mass is 32.2. The van der Waals surface area contributed by atoms with Crippen LogP contribution >= 0.6 is 0 Å². The van der Waals surface area contributed by atoms with Gasteiger partial charge in [0.2, 0.25) is 5.36 Å². The van der Waals surface area contributed by atoms with Crippen molar-refractivity contribution in [2.45, 2.75) is 68.6 Å². The molecular formula is C52H73N3O19S2. The lowest BCUT2D eigenvalue weighted by Crippen LogP contribution is -2.36. The van der Waals surface area contributed by atoms with Gasteiger partial charge in [0.15, 0.2) is 13.1 Å². The van der Waals surface area contributed by atoms with Crippen LogP contribution in [-0.4, -0.2) is 181 Å². The first-order valence-electron chi connectivity index (χ1n) is 25.4. The van der Waals surface area contributed by atoms with Crippen LogP contribution in [0.15, 0.2) is 75.9 Å². The third kappa shape index (κ3) is 20.1. The number of rotatable bonds is 38. The van der Waals surface area contributed by atoms with Crippen molar-refractivity contribution in [1.82, 2.24) is 9.64 Å². The molecule has 1 unspecified atom stereocenters. The fraction of sp³-hybridized carbons (Fsp3) is 0.577. The SMILES string of the molecule is COCCOCCOCCOCC[N+](CCOCCOCCOCCOC)=c1ccc2c(/C=C/C=C3/N(CCCCCC(=O)ON4C(=O)CCC4=O)c4ccc(S(=O)(=O)[O-])cc4C3(C)CCCS(=O)(=O)O)ccoc-2c1. The van der Waals surface area contributed by atoms with Crippen molar-refractivity contribution < 1.29 is 87.5 Å². The average molecular weight is 1110 g/mol. The van der Waals surface area contributed by atoms with Crippen LogP contribution in [-0.2, 0) is 82.8 Å². The highest BCUT2D eigenvalue weighted by Gasteiger charge is 2.43. The van der Waals surface area contributed by atoms with Gasteiger partial charge in [-0.25, -0.2) is 17.8 Å². The van der Waals surface area contributed by atoms with Crippen LogP contribution in [0.3, 0.4) is 0 Å². The lowest BCUT2D eigenvalue weighted by atomic mass is 9.77. The van der Waals surface area contributed by atoms with Crippen molar-refractivity contribution in [1.29, 1.82) is 0 Å². The molecule has 1 fully saturated rings. The van der Waals surface area contributed by atoms with Gasteiger partial charge in [0.05, 0.1) is 102 Å². The summed E-state index contributed by atoms with van der Waals surface area (Å²) in [5.74, 6) is -1.81. The van der Waals surface area contributed by atoms with Gasteiger partial charge in [-0.05, 0) is 80.1 Å². The summed E-state index contributed by atoms with van der Waals surface area (Å²) in [6.07, 6.45) is 8.62. The Kier molecular flexibility index (Phi) is 26.1. The molecule has 5 rings (SSSR count). The molecule has 22 nitrogen and oxygen atoms in total. The van der Waals surface area contributed by atoms with E-state index in [2.05, 4.69) is 4.58 Å². The maximum atomic E-state index is 12.5. The third-order valence-corrected chi connectivity index (χ3v) is 14.2. The van der Waals surface area contributed by atoms with E-state index in [1.165, 1.54) is 12.1 Å². The number of ether oxygens (including phenoxy) is 8. The Labute approximate surface area is 445 Å². The molecule has 0 aromatic heterocycles. The van der Waals surface area contributed by atoms with E-state index in [1.54, 1.807) is 26.5 Å². The molecule has 3 heterocycles. The quantitative estimate of drug-likeness (QED) is 0.0368. The van der Waals surface area contributed by atoms with Crippen LogP contribution in [0.2, 0.25) is 0 Å². The molecule has 1 saturated heterocycles. The van der Waals surface area contributed by atoms with E-state index in [-0.39, 0.29) is 32.1 Å². The molecule has 4 aliphatic rings. The minimum absolute atomic E-state index is 0.00510. The summed E-state index contributed by atoms with van der Waals surface area (Å²) in [7, 11) is -6.00. The minimum atomic E-state index is -4.88. The van der Waals surface area contributed by atoms with Gasteiger partial charge >= 0.3 is 5.97 Å². The number of allylic oxidation sites excluding steroid dienone is 3. The van der Waals surface area contributed by atoms with Gasteiger partial charge in [-0.15, -0.1) is 5.06 Å². The zero-order valence-electron chi connectivity index (χ0n) is 43.7. The van der Waals surface area contributed by atoms with Gasteiger partial charge in [0.25, 0.3) is 21.9 Å². The fourth-order valence-corrected chi connectivity index (χ4v) is 9.62. The van der Waals surface area contributed by atoms with Crippen molar-refractivity contribution in [3.63, 3.8) is 0 Å². The summed E-state index contributed by atoms with van der Waals surface area (Å²) >= 11 is 0. The van der Waals surface area contributed by atoms with Gasteiger partial charge in [-0.1, -0.05) is 18.6 Å². The smallest absolute Gasteiger partial charge is 0.333 e. The standard InChI is InChI=1S/C52H73N3O19S2/c1-52(19-8-38-75(59,60)61)45-40-43(76(62,63)64)13-15-46(45)54(20-6-4-5-11-51(58)74-55-49(56)16-17-50(55)57)48(52)10-7-9-41-18-23-73-47-39-42(12-14-44(41)47)53(21-24-67-30-32-71-36-34-69-28-26-65-2)22-25-68-31-33-72-37-35-70-29-27-66-3/h7,9-10,12-15,18,23,39-40H,4-6,8,11,16-17,19-22,24-38H2,1-3H3,(H-,59,60,61,62,63,64). The molecule has 3 aliphatic heterocycles. The highest BCUT2D eigenvalue weighted by Crippen LogP contribution is 2.51. The van der Waals surface area contributed by atoms with E-state index < -0.39 is 54.1 Å². The normalized spacial score (nSPS) is 16.5. The number of nitrogens with zero attached hydrogens (tertiary/aromatic N) is 3. The molecule has 0 spiro atoms. The number of carbonyl (C=O) groups excluding carboxylic acids is 3. The third-order valence-electron chi connectivity index (χ3n) is 12.5. The Morgan fingerprint density at radius 3 is 1.89 bits per heavy atom. The molecule has 1 aromatic carbocycles. The second-order valence-electron chi connectivity index (χ2n) is 18.0. The number of carbonyl (C=O) groups is 3. The summed E-state index contributed by atoms with van der Waals surface area (Å²) in [5, 5.41) is 1.38. The number of hydrogen-bond acceptors (Lipinski definition) is 19.